The molecule has 0 radical (unpaired) electrons. The van der Waals surface area contributed by atoms with Crippen LogP contribution in [-0.4, -0.2) is 22.4 Å². The molecule has 1 N–H and O–H groups in total. The molecule has 1 aromatic heterocycles. The lowest BCUT2D eigenvalue weighted by Gasteiger charge is -2.21. The van der Waals surface area contributed by atoms with Crippen molar-refractivity contribution < 1.29 is 9.72 Å². The molecule has 0 aliphatic carbocycles. The summed E-state index contributed by atoms with van der Waals surface area (Å²) in [6, 6.07) is 7.04. The van der Waals surface area contributed by atoms with Crippen molar-refractivity contribution in [3.05, 3.63) is 55.5 Å². The molecule has 0 saturated carbocycles. The Morgan fingerprint density at radius 3 is 2.46 bits per heavy atom. The number of hydrogen-bond donors (Lipinski definition) is 1. The molecule has 1 aromatic carbocycles. The van der Waals surface area contributed by atoms with Crippen LogP contribution in [0.3, 0.4) is 0 Å². The number of thiazole rings is 1. The van der Waals surface area contributed by atoms with E-state index >= 15 is 0 Å². The van der Waals surface area contributed by atoms with E-state index in [1.807, 2.05) is 20.8 Å². The first-order valence-corrected chi connectivity index (χ1v) is 9.49. The van der Waals surface area contributed by atoms with Gasteiger partial charge in [0.1, 0.15) is 0 Å². The maximum Gasteiger partial charge on any atom is 0.225 e. The average Bonchev–Trinajstić information content (AvgIpc) is 2.97. The van der Waals surface area contributed by atoms with E-state index in [0.29, 0.717) is 16.6 Å². The Hall–Kier alpha value is -1.99. The quantitative estimate of drug-likeness (QED) is 0.559. The summed E-state index contributed by atoms with van der Waals surface area (Å²) in [5, 5.41) is 15.1. The molecule has 1 atom stereocenters. The van der Waals surface area contributed by atoms with Gasteiger partial charge < -0.3 is 5.32 Å². The van der Waals surface area contributed by atoms with Crippen LogP contribution >= 0.6 is 22.9 Å². The number of nitro groups is 1. The predicted molar refractivity (Wildman–Crippen MR) is 105 cm³/mol. The van der Waals surface area contributed by atoms with Gasteiger partial charge >= 0.3 is 0 Å². The first kappa shape index (κ1) is 20.3. The Morgan fingerprint density at radius 1 is 1.35 bits per heavy atom. The van der Waals surface area contributed by atoms with Gasteiger partial charge in [0.05, 0.1) is 11.6 Å². The fourth-order valence-electron chi connectivity index (χ4n) is 2.55. The molecule has 1 heterocycles. The number of hydrogen-bond acceptors (Lipinski definition) is 5. The van der Waals surface area contributed by atoms with Crippen LogP contribution in [-0.2, 0) is 10.2 Å². The van der Waals surface area contributed by atoms with Crippen molar-refractivity contribution in [2.45, 2.75) is 45.4 Å². The van der Waals surface area contributed by atoms with Gasteiger partial charge in [-0.25, -0.2) is 4.98 Å². The molecule has 0 bridgehead atoms. The molecule has 0 fully saturated rings. The van der Waals surface area contributed by atoms with E-state index in [4.69, 9.17) is 11.6 Å². The Kier molecular flexibility index (Phi) is 6.36. The van der Waals surface area contributed by atoms with Crippen molar-refractivity contribution >= 4 is 34.0 Å². The topological polar surface area (TPSA) is 85.1 Å². The molecule has 8 heteroatoms. The summed E-state index contributed by atoms with van der Waals surface area (Å²) in [7, 11) is 0. The van der Waals surface area contributed by atoms with Crippen LogP contribution in [0.15, 0.2) is 24.3 Å². The summed E-state index contributed by atoms with van der Waals surface area (Å²) in [6.07, 6.45) is 0.343. The van der Waals surface area contributed by atoms with E-state index in [0.717, 1.165) is 16.1 Å². The summed E-state index contributed by atoms with van der Waals surface area (Å²) >= 11 is 7.26. The van der Waals surface area contributed by atoms with Gasteiger partial charge in [-0.1, -0.05) is 51.4 Å². The second-order valence-corrected chi connectivity index (χ2v) is 8.47. The van der Waals surface area contributed by atoms with E-state index < -0.39 is 5.92 Å². The van der Waals surface area contributed by atoms with E-state index in [2.05, 4.69) is 10.3 Å². The summed E-state index contributed by atoms with van der Waals surface area (Å²) in [5.41, 5.74) is 1.24. The minimum absolute atomic E-state index is 0.136. The third-order valence-electron chi connectivity index (χ3n) is 3.85. The zero-order valence-corrected chi connectivity index (χ0v) is 16.8. The van der Waals surface area contributed by atoms with Crippen LogP contribution in [0.2, 0.25) is 5.02 Å². The van der Waals surface area contributed by atoms with Crippen LogP contribution in [0.5, 0.6) is 0 Å². The SMILES string of the molecule is CCC(=O)Nc1nc(C(C)(C)C)c(C(C[N+](=O)[O-])c2ccc(Cl)cc2)s1. The highest BCUT2D eigenvalue weighted by Crippen LogP contribution is 2.40. The molecule has 2 rings (SSSR count). The van der Waals surface area contributed by atoms with Crippen LogP contribution in [0, 0.1) is 10.1 Å². The smallest absolute Gasteiger partial charge is 0.225 e. The Balaban J connectivity index is 2.56. The summed E-state index contributed by atoms with van der Waals surface area (Å²) in [5.74, 6) is -0.593. The third kappa shape index (κ3) is 5.02. The molecule has 26 heavy (non-hydrogen) atoms. The number of nitrogens with one attached hydrogen (secondary N) is 1. The lowest BCUT2D eigenvalue weighted by molar-refractivity contribution is -0.481. The van der Waals surface area contributed by atoms with Crippen LogP contribution in [0.1, 0.15) is 56.2 Å². The molecule has 0 aliphatic rings. The minimum Gasteiger partial charge on any atom is -0.302 e. The second-order valence-electron chi connectivity index (χ2n) is 7.00. The molecule has 0 saturated heterocycles. The Bertz CT molecular complexity index is 797. The minimum atomic E-state index is -0.457. The molecule has 1 unspecified atom stereocenters. The summed E-state index contributed by atoms with van der Waals surface area (Å²) in [4.78, 5) is 28.1. The Morgan fingerprint density at radius 2 is 1.96 bits per heavy atom. The molecular formula is C18H22ClN3O3S. The van der Waals surface area contributed by atoms with Crippen molar-refractivity contribution in [3.8, 4) is 0 Å². The lowest BCUT2D eigenvalue weighted by Crippen LogP contribution is -2.20. The first-order chi connectivity index (χ1) is 12.1. The van der Waals surface area contributed by atoms with Gasteiger partial charge in [-0.15, -0.1) is 11.3 Å². The van der Waals surface area contributed by atoms with Gasteiger partial charge in [0, 0.05) is 26.7 Å². The number of carbonyl (C=O) groups excluding carboxylic acids is 1. The maximum atomic E-state index is 11.7. The molecule has 2 aromatic rings. The van der Waals surface area contributed by atoms with E-state index in [-0.39, 0.29) is 22.8 Å². The normalized spacial score (nSPS) is 12.7. The van der Waals surface area contributed by atoms with Crippen molar-refractivity contribution in [3.63, 3.8) is 0 Å². The van der Waals surface area contributed by atoms with Crippen LogP contribution < -0.4 is 5.32 Å². The number of amides is 1. The van der Waals surface area contributed by atoms with Crippen molar-refractivity contribution in [1.82, 2.24) is 4.98 Å². The van der Waals surface area contributed by atoms with Crippen molar-refractivity contribution in [2.75, 3.05) is 11.9 Å². The fraction of sp³-hybridized carbons (Fsp3) is 0.444. The first-order valence-electron chi connectivity index (χ1n) is 8.30. The van der Waals surface area contributed by atoms with Gasteiger partial charge in [-0.05, 0) is 17.7 Å². The highest BCUT2D eigenvalue weighted by molar-refractivity contribution is 7.16. The molecule has 140 valence electrons. The number of carbonyl (C=O) groups is 1. The number of aromatic nitrogens is 1. The van der Waals surface area contributed by atoms with Gasteiger partial charge in [-0.3, -0.25) is 14.9 Å². The number of halogens is 1. The van der Waals surface area contributed by atoms with E-state index in [1.54, 1.807) is 31.2 Å². The zero-order chi connectivity index (χ0) is 19.5. The highest BCUT2D eigenvalue weighted by Gasteiger charge is 2.32. The molecule has 6 nitrogen and oxygen atoms in total. The van der Waals surface area contributed by atoms with Gasteiger partial charge in [0.2, 0.25) is 12.5 Å². The lowest BCUT2D eigenvalue weighted by atomic mass is 9.86. The zero-order valence-electron chi connectivity index (χ0n) is 15.2. The summed E-state index contributed by atoms with van der Waals surface area (Å²) in [6.45, 7) is 7.51. The van der Waals surface area contributed by atoms with Gasteiger partial charge in [-0.2, -0.15) is 0 Å². The molecule has 1 amide bonds. The number of nitrogens with zero attached hydrogens (tertiary/aromatic N) is 2. The fourth-order valence-corrected chi connectivity index (χ4v) is 3.99. The maximum absolute atomic E-state index is 11.7. The van der Waals surface area contributed by atoms with Crippen molar-refractivity contribution in [1.29, 1.82) is 0 Å². The predicted octanol–water partition coefficient (Wildman–Crippen LogP) is 4.85. The van der Waals surface area contributed by atoms with E-state index in [1.165, 1.54) is 11.3 Å². The average molecular weight is 396 g/mol. The standard InChI is InChI=1S/C18H22ClN3O3S/c1-5-14(23)20-17-21-16(18(2,3)4)15(26-17)13(10-22(24)25)11-6-8-12(19)9-7-11/h6-9,13H,5,10H2,1-4H3,(H,20,21,23). The second kappa shape index (κ2) is 8.14. The number of benzene rings is 1. The monoisotopic (exact) mass is 395 g/mol. The molecule has 0 aliphatic heterocycles. The Labute approximate surface area is 161 Å². The third-order valence-corrected chi connectivity index (χ3v) is 5.19. The van der Waals surface area contributed by atoms with Crippen LogP contribution in [0.25, 0.3) is 0 Å². The number of anilines is 1. The van der Waals surface area contributed by atoms with Gasteiger partial charge in [0.25, 0.3) is 0 Å². The van der Waals surface area contributed by atoms with Gasteiger partial charge in [0.15, 0.2) is 5.13 Å². The van der Waals surface area contributed by atoms with E-state index in [9.17, 15) is 14.9 Å². The van der Waals surface area contributed by atoms with Crippen LogP contribution in [0.4, 0.5) is 5.13 Å². The number of rotatable bonds is 6. The molecular weight excluding hydrogens is 374 g/mol. The summed E-state index contributed by atoms with van der Waals surface area (Å²) < 4.78 is 0. The highest BCUT2D eigenvalue weighted by atomic mass is 35.5. The van der Waals surface area contributed by atoms with Crippen molar-refractivity contribution in [2.24, 2.45) is 0 Å². The molecule has 0 spiro atoms. The largest absolute Gasteiger partial charge is 0.302 e.